The van der Waals surface area contributed by atoms with E-state index in [9.17, 15) is 14.7 Å². The lowest BCUT2D eigenvalue weighted by Gasteiger charge is -2.28. The number of methoxy groups -OCH3 is 1. The van der Waals surface area contributed by atoms with Gasteiger partial charge in [-0.1, -0.05) is 62.4 Å². The predicted octanol–water partition coefficient (Wildman–Crippen LogP) is 4.33. The Labute approximate surface area is 207 Å². The van der Waals surface area contributed by atoms with E-state index in [1.165, 1.54) is 7.11 Å². The number of carbonyl (C=O) groups is 2. The second-order valence-corrected chi connectivity index (χ2v) is 8.40. The van der Waals surface area contributed by atoms with Gasteiger partial charge in [-0.15, -0.1) is 0 Å². The summed E-state index contributed by atoms with van der Waals surface area (Å²) in [6.07, 6.45) is 1.64. The van der Waals surface area contributed by atoms with Crippen LogP contribution in [0.15, 0.2) is 60.7 Å². The monoisotopic (exact) mass is 478 g/mol. The van der Waals surface area contributed by atoms with Crippen LogP contribution in [-0.4, -0.2) is 66.5 Å². The average molecular weight is 479 g/mol. The van der Waals surface area contributed by atoms with Crippen molar-refractivity contribution in [2.24, 2.45) is 0 Å². The number of hydrogen-bond donors (Lipinski definition) is 1. The van der Waals surface area contributed by atoms with Crippen LogP contribution in [0.5, 0.6) is 11.5 Å². The molecule has 1 saturated heterocycles. The molecule has 0 bridgehead atoms. The van der Waals surface area contributed by atoms with Crippen molar-refractivity contribution in [3.05, 3.63) is 77.4 Å². The maximum atomic E-state index is 13.2. The van der Waals surface area contributed by atoms with E-state index in [1.54, 1.807) is 41.3 Å². The summed E-state index contributed by atoms with van der Waals surface area (Å²) in [5.74, 6) is -0.520. The Kier molecular flexibility index (Phi) is 8.71. The largest absolute Gasteiger partial charge is 0.507 e. The molecule has 0 radical (unpaired) electrons. The molecule has 0 aliphatic carbocycles. The van der Waals surface area contributed by atoms with E-state index in [0.29, 0.717) is 42.3 Å². The lowest BCUT2D eigenvalue weighted by atomic mass is 9.94. The number of ether oxygens (including phenoxy) is 2. The zero-order valence-corrected chi connectivity index (χ0v) is 20.9. The molecule has 2 aromatic carbocycles. The van der Waals surface area contributed by atoms with E-state index >= 15 is 0 Å². The molecule has 186 valence electrons. The van der Waals surface area contributed by atoms with Gasteiger partial charge >= 0.3 is 0 Å². The highest BCUT2D eigenvalue weighted by molar-refractivity contribution is 6.46. The van der Waals surface area contributed by atoms with E-state index in [-0.39, 0.29) is 11.3 Å². The molecule has 1 aliphatic heterocycles. The number of nitrogens with zero attached hydrogens (tertiary/aromatic N) is 2. The molecule has 1 amide bonds. The number of benzene rings is 2. The summed E-state index contributed by atoms with van der Waals surface area (Å²) in [5.41, 5.74) is 2.23. The van der Waals surface area contributed by atoms with Gasteiger partial charge in [-0.2, -0.15) is 0 Å². The Morgan fingerprint density at radius 2 is 1.80 bits per heavy atom. The van der Waals surface area contributed by atoms with Gasteiger partial charge in [0.05, 0.1) is 18.7 Å². The van der Waals surface area contributed by atoms with Crippen molar-refractivity contribution >= 4 is 17.4 Å². The van der Waals surface area contributed by atoms with Crippen LogP contribution in [0.25, 0.3) is 5.76 Å². The van der Waals surface area contributed by atoms with E-state index < -0.39 is 17.7 Å². The Balaban J connectivity index is 2.13. The normalized spacial score (nSPS) is 17.2. The first-order chi connectivity index (χ1) is 16.9. The van der Waals surface area contributed by atoms with E-state index in [0.717, 1.165) is 18.7 Å². The minimum Gasteiger partial charge on any atom is -0.507 e. The standard InChI is InChI=1S/C28H34N2O5/c1-6-17-35-22-14-13-21(18-23(22)34-5)25-24(26(31)20-11-9-19(4)10-12-20)27(32)28(33)30(25)16-15-29(7-2)8-3/h6,9-14,18,25,31H,1,7-8,15-17H2,2-5H3. The summed E-state index contributed by atoms with van der Waals surface area (Å²) >= 11 is 0. The smallest absolute Gasteiger partial charge is 0.295 e. The summed E-state index contributed by atoms with van der Waals surface area (Å²) in [4.78, 5) is 30.1. The summed E-state index contributed by atoms with van der Waals surface area (Å²) < 4.78 is 11.2. The van der Waals surface area contributed by atoms with Crippen molar-refractivity contribution in [3.8, 4) is 11.5 Å². The number of hydrogen-bond acceptors (Lipinski definition) is 6. The first-order valence-corrected chi connectivity index (χ1v) is 11.9. The number of aryl methyl sites for hydroxylation is 1. The predicted molar refractivity (Wildman–Crippen MR) is 137 cm³/mol. The van der Waals surface area contributed by atoms with Crippen molar-refractivity contribution in [1.82, 2.24) is 9.80 Å². The minimum atomic E-state index is -0.755. The lowest BCUT2D eigenvalue weighted by molar-refractivity contribution is -0.140. The number of aliphatic hydroxyl groups is 1. The van der Waals surface area contributed by atoms with E-state index in [2.05, 4.69) is 25.3 Å². The zero-order chi connectivity index (χ0) is 25.5. The van der Waals surface area contributed by atoms with Gasteiger partial charge in [0.2, 0.25) is 0 Å². The van der Waals surface area contributed by atoms with Crippen molar-refractivity contribution in [3.63, 3.8) is 0 Å². The molecule has 3 rings (SSSR count). The molecule has 1 atom stereocenters. The number of amides is 1. The van der Waals surface area contributed by atoms with Gasteiger partial charge in [0, 0.05) is 18.7 Å². The molecule has 35 heavy (non-hydrogen) atoms. The molecule has 0 aromatic heterocycles. The third-order valence-corrected chi connectivity index (χ3v) is 6.28. The molecule has 0 spiro atoms. The zero-order valence-electron chi connectivity index (χ0n) is 20.9. The Morgan fingerprint density at radius 1 is 1.11 bits per heavy atom. The van der Waals surface area contributed by atoms with Gasteiger partial charge in [-0.3, -0.25) is 9.59 Å². The van der Waals surface area contributed by atoms with Crippen LogP contribution in [0.2, 0.25) is 0 Å². The van der Waals surface area contributed by atoms with E-state index in [1.807, 2.05) is 19.1 Å². The second kappa shape index (κ2) is 11.7. The topological polar surface area (TPSA) is 79.3 Å². The fourth-order valence-electron chi connectivity index (χ4n) is 4.24. The van der Waals surface area contributed by atoms with Crippen LogP contribution in [0, 0.1) is 6.92 Å². The number of carbonyl (C=O) groups excluding carboxylic acids is 2. The molecule has 7 heteroatoms. The molecule has 7 nitrogen and oxygen atoms in total. The molecule has 2 aromatic rings. The lowest BCUT2D eigenvalue weighted by Crippen LogP contribution is -2.38. The van der Waals surface area contributed by atoms with Crippen LogP contribution in [-0.2, 0) is 9.59 Å². The van der Waals surface area contributed by atoms with Gasteiger partial charge in [-0.25, -0.2) is 0 Å². The number of Topliss-reactive ketones (excluding diaryl/α,β-unsaturated/α-hetero) is 1. The molecular formula is C28H34N2O5. The molecule has 1 fully saturated rings. The van der Waals surface area contributed by atoms with E-state index in [4.69, 9.17) is 9.47 Å². The van der Waals surface area contributed by atoms with Crippen molar-refractivity contribution < 1.29 is 24.2 Å². The highest BCUT2D eigenvalue weighted by Gasteiger charge is 2.46. The van der Waals surface area contributed by atoms with Gasteiger partial charge in [0.25, 0.3) is 11.7 Å². The molecule has 1 heterocycles. The Hall–Kier alpha value is -3.58. The Bertz CT molecular complexity index is 1100. The quantitative estimate of drug-likeness (QED) is 0.224. The van der Waals surface area contributed by atoms with Gasteiger partial charge in [0.15, 0.2) is 11.5 Å². The summed E-state index contributed by atoms with van der Waals surface area (Å²) in [5, 5.41) is 11.2. The summed E-state index contributed by atoms with van der Waals surface area (Å²) in [6, 6.07) is 11.7. The third-order valence-electron chi connectivity index (χ3n) is 6.28. The molecule has 1 aliphatic rings. The average Bonchev–Trinajstić information content (AvgIpc) is 3.13. The molecule has 1 unspecified atom stereocenters. The molecule has 1 N–H and O–H groups in total. The number of ketones is 1. The van der Waals surface area contributed by atoms with Gasteiger partial charge in [0.1, 0.15) is 12.4 Å². The van der Waals surface area contributed by atoms with Gasteiger partial charge < -0.3 is 24.4 Å². The summed E-state index contributed by atoms with van der Waals surface area (Å²) in [6.45, 7) is 12.6. The SMILES string of the molecule is C=CCOc1ccc(C2C(=C(O)c3ccc(C)cc3)C(=O)C(=O)N2CCN(CC)CC)cc1OC. The highest BCUT2D eigenvalue weighted by Crippen LogP contribution is 2.42. The number of likely N-dealkylation sites (tertiary alicyclic amines) is 1. The Morgan fingerprint density at radius 3 is 2.40 bits per heavy atom. The van der Waals surface area contributed by atoms with Crippen molar-refractivity contribution in [2.75, 3.05) is 39.9 Å². The van der Waals surface area contributed by atoms with Crippen LogP contribution >= 0.6 is 0 Å². The van der Waals surface area contributed by atoms with Crippen molar-refractivity contribution in [1.29, 1.82) is 0 Å². The number of likely N-dealkylation sites (N-methyl/N-ethyl adjacent to an activating group) is 1. The minimum absolute atomic E-state index is 0.0696. The fraction of sp³-hybridized carbons (Fsp3) is 0.357. The first-order valence-electron chi connectivity index (χ1n) is 11.9. The third kappa shape index (κ3) is 5.57. The second-order valence-electron chi connectivity index (χ2n) is 8.40. The van der Waals surface area contributed by atoms with Crippen LogP contribution in [0.3, 0.4) is 0 Å². The first kappa shape index (κ1) is 26.0. The maximum absolute atomic E-state index is 13.2. The molecular weight excluding hydrogens is 444 g/mol. The van der Waals surface area contributed by atoms with Crippen molar-refractivity contribution in [2.45, 2.75) is 26.8 Å². The van der Waals surface area contributed by atoms with Crippen LogP contribution in [0.4, 0.5) is 0 Å². The maximum Gasteiger partial charge on any atom is 0.295 e. The summed E-state index contributed by atoms with van der Waals surface area (Å²) in [7, 11) is 1.53. The van der Waals surface area contributed by atoms with Gasteiger partial charge in [-0.05, 0) is 37.7 Å². The number of rotatable bonds is 11. The van der Waals surface area contributed by atoms with Crippen LogP contribution in [0.1, 0.15) is 36.6 Å². The van der Waals surface area contributed by atoms with Crippen LogP contribution < -0.4 is 9.47 Å². The number of aliphatic hydroxyl groups excluding tert-OH is 1. The highest BCUT2D eigenvalue weighted by atomic mass is 16.5. The molecule has 0 saturated carbocycles. The fourth-order valence-corrected chi connectivity index (χ4v) is 4.24.